The van der Waals surface area contributed by atoms with E-state index in [0.717, 1.165) is 5.56 Å². The van der Waals surface area contributed by atoms with Crippen LogP contribution in [-0.4, -0.2) is 11.7 Å². The van der Waals surface area contributed by atoms with Crippen molar-refractivity contribution in [3.8, 4) is 5.75 Å². The van der Waals surface area contributed by atoms with Gasteiger partial charge in [-0.1, -0.05) is 6.07 Å². The lowest BCUT2D eigenvalue weighted by Gasteiger charge is -2.17. The number of pyridine rings is 1. The Hall–Kier alpha value is -2.89. The van der Waals surface area contributed by atoms with E-state index in [1.807, 2.05) is 0 Å². The monoisotopic (exact) mass is 344 g/mol. The van der Waals surface area contributed by atoms with Gasteiger partial charge in [0.2, 0.25) is 5.43 Å². The first kappa shape index (κ1) is 17.0. The number of fused-ring (bicyclic) bond motifs is 1. The highest BCUT2D eigenvalue weighted by Gasteiger charge is 2.18. The molecule has 1 aromatic heterocycles. The SMILES string of the molecule is COc1c(C)n(C)c2cc(F)cc(Nc3ccc(C)cc3F)c2c1=O. The summed E-state index contributed by atoms with van der Waals surface area (Å²) in [5.74, 6) is -0.829. The predicted molar refractivity (Wildman–Crippen MR) is 94.9 cm³/mol. The minimum Gasteiger partial charge on any atom is -0.491 e. The van der Waals surface area contributed by atoms with Gasteiger partial charge < -0.3 is 14.6 Å². The van der Waals surface area contributed by atoms with E-state index in [2.05, 4.69) is 5.32 Å². The van der Waals surface area contributed by atoms with Crippen LogP contribution in [0.2, 0.25) is 0 Å². The first-order valence-corrected chi connectivity index (χ1v) is 7.73. The van der Waals surface area contributed by atoms with Crippen LogP contribution in [0.15, 0.2) is 35.1 Å². The molecule has 0 aliphatic heterocycles. The van der Waals surface area contributed by atoms with Crippen LogP contribution in [0.1, 0.15) is 11.3 Å². The third-order valence-corrected chi connectivity index (χ3v) is 4.31. The minimum absolute atomic E-state index is 0.166. The lowest BCUT2D eigenvalue weighted by molar-refractivity contribution is 0.403. The largest absolute Gasteiger partial charge is 0.491 e. The Morgan fingerprint density at radius 3 is 2.44 bits per heavy atom. The Morgan fingerprint density at radius 1 is 1.08 bits per heavy atom. The molecule has 1 heterocycles. The van der Waals surface area contributed by atoms with E-state index in [1.54, 1.807) is 37.6 Å². The van der Waals surface area contributed by atoms with Gasteiger partial charge in [-0.15, -0.1) is 0 Å². The Balaban J connectivity index is 2.31. The molecule has 0 aliphatic rings. The zero-order valence-electron chi connectivity index (χ0n) is 14.4. The summed E-state index contributed by atoms with van der Waals surface area (Å²) >= 11 is 0. The third kappa shape index (κ3) is 2.84. The van der Waals surface area contributed by atoms with E-state index in [1.165, 1.54) is 25.3 Å². The number of hydrogen-bond donors (Lipinski definition) is 1. The summed E-state index contributed by atoms with van der Waals surface area (Å²) in [6.07, 6.45) is 0. The van der Waals surface area contributed by atoms with Crippen molar-refractivity contribution in [3.63, 3.8) is 0 Å². The fraction of sp³-hybridized carbons (Fsp3) is 0.211. The number of aryl methyl sites for hydroxylation is 2. The second kappa shape index (κ2) is 6.20. The number of aromatic nitrogens is 1. The Kier molecular flexibility index (Phi) is 4.20. The Bertz CT molecular complexity index is 1040. The number of nitrogens with zero attached hydrogens (tertiary/aromatic N) is 1. The van der Waals surface area contributed by atoms with Gasteiger partial charge >= 0.3 is 0 Å². The second-order valence-electron chi connectivity index (χ2n) is 5.96. The number of halogens is 2. The summed E-state index contributed by atoms with van der Waals surface area (Å²) in [5, 5.41) is 3.08. The fourth-order valence-corrected chi connectivity index (χ4v) is 2.91. The smallest absolute Gasteiger partial charge is 0.233 e. The van der Waals surface area contributed by atoms with Crippen LogP contribution >= 0.6 is 0 Å². The average molecular weight is 344 g/mol. The molecule has 0 saturated heterocycles. The van der Waals surface area contributed by atoms with Crippen molar-refractivity contribution in [2.45, 2.75) is 13.8 Å². The molecule has 1 N–H and O–H groups in total. The van der Waals surface area contributed by atoms with E-state index < -0.39 is 11.6 Å². The molecule has 6 heteroatoms. The molecule has 0 spiro atoms. The van der Waals surface area contributed by atoms with Crippen molar-refractivity contribution < 1.29 is 13.5 Å². The fourth-order valence-electron chi connectivity index (χ4n) is 2.91. The van der Waals surface area contributed by atoms with Crippen molar-refractivity contribution in [2.24, 2.45) is 7.05 Å². The van der Waals surface area contributed by atoms with Crippen LogP contribution in [0.3, 0.4) is 0 Å². The maximum absolute atomic E-state index is 14.2. The molecule has 130 valence electrons. The molecule has 0 amide bonds. The van der Waals surface area contributed by atoms with Gasteiger partial charge in [-0.05, 0) is 43.7 Å². The number of rotatable bonds is 3. The van der Waals surface area contributed by atoms with Crippen LogP contribution < -0.4 is 15.5 Å². The van der Waals surface area contributed by atoms with Crippen molar-refractivity contribution in [1.29, 1.82) is 0 Å². The van der Waals surface area contributed by atoms with Gasteiger partial charge in [-0.3, -0.25) is 4.79 Å². The second-order valence-corrected chi connectivity index (χ2v) is 5.96. The molecule has 0 radical (unpaired) electrons. The van der Waals surface area contributed by atoms with E-state index in [-0.39, 0.29) is 27.9 Å². The van der Waals surface area contributed by atoms with Gasteiger partial charge in [-0.2, -0.15) is 0 Å². The number of anilines is 2. The van der Waals surface area contributed by atoms with Crippen LogP contribution in [0, 0.1) is 25.5 Å². The Labute approximate surface area is 143 Å². The van der Waals surface area contributed by atoms with Gasteiger partial charge in [0.15, 0.2) is 5.75 Å². The number of hydrogen-bond acceptors (Lipinski definition) is 3. The number of benzene rings is 2. The van der Waals surface area contributed by atoms with E-state index in [4.69, 9.17) is 4.74 Å². The molecular weight excluding hydrogens is 326 g/mol. The molecule has 3 rings (SSSR count). The highest BCUT2D eigenvalue weighted by molar-refractivity contribution is 5.94. The molecule has 2 aromatic carbocycles. The molecule has 0 fully saturated rings. The molecule has 25 heavy (non-hydrogen) atoms. The molecule has 3 aromatic rings. The van der Waals surface area contributed by atoms with E-state index in [9.17, 15) is 13.6 Å². The zero-order valence-corrected chi connectivity index (χ0v) is 14.4. The predicted octanol–water partition coefficient (Wildman–Crippen LogP) is 4.19. The standard InChI is InChI=1S/C19H18F2N2O2/c1-10-5-6-14(13(21)7-10)22-15-8-12(20)9-16-17(15)18(24)19(25-4)11(2)23(16)3/h5-9,22H,1-4H3. The summed E-state index contributed by atoms with van der Waals surface area (Å²) in [6, 6.07) is 7.11. The summed E-state index contributed by atoms with van der Waals surface area (Å²) in [7, 11) is 3.13. The quantitative estimate of drug-likeness (QED) is 0.775. The van der Waals surface area contributed by atoms with Crippen molar-refractivity contribution in [2.75, 3.05) is 12.4 Å². The van der Waals surface area contributed by atoms with Gasteiger partial charge in [0.25, 0.3) is 0 Å². The lowest BCUT2D eigenvalue weighted by Crippen LogP contribution is -2.15. The van der Waals surface area contributed by atoms with Gasteiger partial charge in [0.05, 0.1) is 35.1 Å². The third-order valence-electron chi connectivity index (χ3n) is 4.31. The van der Waals surface area contributed by atoms with Crippen LogP contribution in [-0.2, 0) is 7.05 Å². The van der Waals surface area contributed by atoms with Crippen LogP contribution in [0.25, 0.3) is 10.9 Å². The molecule has 0 saturated carbocycles. The summed E-state index contributed by atoms with van der Waals surface area (Å²) < 4.78 is 35.2. The molecule has 0 bridgehead atoms. The summed E-state index contributed by atoms with van der Waals surface area (Å²) in [4.78, 5) is 12.8. The minimum atomic E-state index is -0.526. The van der Waals surface area contributed by atoms with Crippen molar-refractivity contribution in [3.05, 3.63) is 63.4 Å². The summed E-state index contributed by atoms with van der Waals surface area (Å²) in [6.45, 7) is 3.49. The molecule has 0 unspecified atom stereocenters. The number of nitrogens with one attached hydrogen (secondary N) is 1. The number of ether oxygens (including phenoxy) is 1. The lowest BCUT2D eigenvalue weighted by atomic mass is 10.1. The van der Waals surface area contributed by atoms with E-state index >= 15 is 0 Å². The van der Waals surface area contributed by atoms with Gasteiger partial charge in [0.1, 0.15) is 11.6 Å². The summed E-state index contributed by atoms with van der Waals surface area (Å²) in [5.41, 5.74) is 1.73. The van der Waals surface area contributed by atoms with Crippen molar-refractivity contribution in [1.82, 2.24) is 4.57 Å². The highest BCUT2D eigenvalue weighted by atomic mass is 19.1. The number of methoxy groups -OCH3 is 1. The van der Waals surface area contributed by atoms with Crippen LogP contribution in [0.4, 0.5) is 20.2 Å². The molecule has 0 atom stereocenters. The van der Waals surface area contributed by atoms with Gasteiger partial charge in [-0.25, -0.2) is 8.78 Å². The van der Waals surface area contributed by atoms with Crippen LogP contribution in [0.5, 0.6) is 5.75 Å². The molecule has 4 nitrogen and oxygen atoms in total. The molecule has 0 aliphatic carbocycles. The molecular formula is C19H18F2N2O2. The maximum atomic E-state index is 14.2. The normalized spacial score (nSPS) is 11.0. The topological polar surface area (TPSA) is 43.3 Å². The van der Waals surface area contributed by atoms with Gasteiger partial charge in [0, 0.05) is 7.05 Å². The van der Waals surface area contributed by atoms with Crippen molar-refractivity contribution >= 4 is 22.3 Å². The first-order chi connectivity index (χ1) is 11.8. The maximum Gasteiger partial charge on any atom is 0.233 e. The first-order valence-electron chi connectivity index (χ1n) is 7.73. The average Bonchev–Trinajstić information content (AvgIpc) is 2.55. The highest BCUT2D eigenvalue weighted by Crippen LogP contribution is 2.30. The van der Waals surface area contributed by atoms with E-state index in [0.29, 0.717) is 11.2 Å². The zero-order chi connectivity index (χ0) is 18.3. The Morgan fingerprint density at radius 2 is 1.80 bits per heavy atom.